The Bertz CT molecular complexity index is 1250. The lowest BCUT2D eigenvalue weighted by Gasteiger charge is -2.29. The molecule has 10 nitrogen and oxygen atoms in total. The van der Waals surface area contributed by atoms with E-state index in [0.717, 1.165) is 37.6 Å². The van der Waals surface area contributed by atoms with Crippen LogP contribution in [0.5, 0.6) is 11.6 Å². The molecule has 0 bridgehead atoms. The highest BCUT2D eigenvalue weighted by Crippen LogP contribution is 2.29. The predicted molar refractivity (Wildman–Crippen MR) is 140 cm³/mol. The first-order valence-corrected chi connectivity index (χ1v) is 11.7. The Labute approximate surface area is 209 Å². The zero-order valence-corrected chi connectivity index (χ0v) is 20.1. The van der Waals surface area contributed by atoms with Gasteiger partial charge in [-0.05, 0) is 48.9 Å². The van der Waals surface area contributed by atoms with Gasteiger partial charge in [-0.25, -0.2) is 4.98 Å². The summed E-state index contributed by atoms with van der Waals surface area (Å²) in [5.74, 6) is -0.159. The van der Waals surface area contributed by atoms with Gasteiger partial charge in [0.15, 0.2) is 11.5 Å². The van der Waals surface area contributed by atoms with E-state index in [2.05, 4.69) is 37.4 Å². The fraction of sp³-hybridized carbons (Fsp3) is 0.231. The number of anilines is 4. The van der Waals surface area contributed by atoms with Gasteiger partial charge in [0.25, 0.3) is 5.91 Å². The van der Waals surface area contributed by atoms with Crippen molar-refractivity contribution in [3.63, 3.8) is 0 Å². The number of rotatable bonds is 9. The number of carbonyl (C=O) groups is 2. The molecule has 0 aliphatic carbocycles. The number of piperazine rings is 1. The van der Waals surface area contributed by atoms with Gasteiger partial charge >= 0.3 is 0 Å². The maximum Gasteiger partial charge on any atom is 0.271 e. The highest BCUT2D eigenvalue weighted by Gasteiger charge is 2.19. The smallest absolute Gasteiger partial charge is 0.271 e. The van der Waals surface area contributed by atoms with Crippen LogP contribution in [0, 0.1) is 0 Å². The van der Waals surface area contributed by atoms with Gasteiger partial charge in [0.2, 0.25) is 11.8 Å². The standard InChI is InChI=1S/C26H29N7O3/c1-3-21-26(36-20-7-5-6-18(16-20)29-22(34)4-2)32-25(23(31-21)24(27)35)30-17-8-10-19(11-9-17)33-14-12-28-13-15-33/h4-11,16,28H,2-3,12-15H2,1H3,(H2,27,35)(H,29,34)(H,30,32). The number of hydrogen-bond donors (Lipinski definition) is 4. The Hall–Kier alpha value is -4.44. The Kier molecular flexibility index (Phi) is 7.76. The summed E-state index contributed by atoms with van der Waals surface area (Å²) in [5.41, 5.74) is 8.51. The normalized spacial score (nSPS) is 13.1. The number of hydrogen-bond acceptors (Lipinski definition) is 8. The minimum atomic E-state index is -0.696. The molecule has 0 unspecified atom stereocenters. The molecular weight excluding hydrogens is 458 g/mol. The Morgan fingerprint density at radius 2 is 1.89 bits per heavy atom. The van der Waals surface area contributed by atoms with Crippen molar-refractivity contribution in [2.75, 3.05) is 41.7 Å². The summed E-state index contributed by atoms with van der Waals surface area (Å²) < 4.78 is 6.01. The summed E-state index contributed by atoms with van der Waals surface area (Å²) in [5, 5.41) is 9.19. The van der Waals surface area contributed by atoms with E-state index < -0.39 is 5.91 Å². The van der Waals surface area contributed by atoms with Crippen molar-refractivity contribution in [3.05, 3.63) is 72.6 Å². The lowest BCUT2D eigenvalue weighted by atomic mass is 10.2. The number of aryl methyl sites for hydroxylation is 1. The van der Waals surface area contributed by atoms with Gasteiger partial charge in [-0.1, -0.05) is 19.6 Å². The van der Waals surface area contributed by atoms with E-state index in [0.29, 0.717) is 23.6 Å². The van der Waals surface area contributed by atoms with Gasteiger partial charge in [-0.3, -0.25) is 9.59 Å². The van der Waals surface area contributed by atoms with Gasteiger partial charge < -0.3 is 31.3 Å². The monoisotopic (exact) mass is 487 g/mol. The van der Waals surface area contributed by atoms with Crippen LogP contribution in [0.3, 0.4) is 0 Å². The second-order valence-corrected chi connectivity index (χ2v) is 8.12. The van der Waals surface area contributed by atoms with Crippen LogP contribution in [0.25, 0.3) is 0 Å². The summed E-state index contributed by atoms with van der Waals surface area (Å²) in [6.07, 6.45) is 1.65. The van der Waals surface area contributed by atoms with Crippen molar-refractivity contribution in [3.8, 4) is 11.6 Å². The van der Waals surface area contributed by atoms with Gasteiger partial charge in [0, 0.05) is 49.3 Å². The van der Waals surface area contributed by atoms with E-state index >= 15 is 0 Å². The topological polar surface area (TPSA) is 134 Å². The maximum atomic E-state index is 12.2. The van der Waals surface area contributed by atoms with Crippen LogP contribution in [-0.2, 0) is 11.2 Å². The molecule has 0 saturated carbocycles. The molecule has 0 atom stereocenters. The molecule has 1 saturated heterocycles. The molecule has 36 heavy (non-hydrogen) atoms. The van der Waals surface area contributed by atoms with E-state index in [4.69, 9.17) is 10.5 Å². The lowest BCUT2D eigenvalue weighted by molar-refractivity contribution is -0.111. The van der Waals surface area contributed by atoms with E-state index in [-0.39, 0.29) is 23.3 Å². The summed E-state index contributed by atoms with van der Waals surface area (Å²) >= 11 is 0. The average Bonchev–Trinajstić information content (AvgIpc) is 2.90. The Morgan fingerprint density at radius 3 is 2.56 bits per heavy atom. The Balaban J connectivity index is 1.60. The minimum absolute atomic E-state index is 0.0254. The fourth-order valence-corrected chi connectivity index (χ4v) is 3.78. The van der Waals surface area contributed by atoms with Crippen molar-refractivity contribution < 1.29 is 14.3 Å². The number of nitrogens with two attached hydrogens (primary N) is 1. The van der Waals surface area contributed by atoms with E-state index in [1.165, 1.54) is 6.08 Å². The molecule has 0 spiro atoms. The molecule has 4 rings (SSSR count). The second-order valence-electron chi connectivity index (χ2n) is 8.12. The number of primary amides is 1. The molecule has 10 heteroatoms. The first-order valence-electron chi connectivity index (χ1n) is 11.7. The first kappa shape index (κ1) is 24.7. The van der Waals surface area contributed by atoms with Gasteiger partial charge in [0.1, 0.15) is 11.4 Å². The molecule has 1 aliphatic heterocycles. The molecule has 1 aromatic heterocycles. The maximum absolute atomic E-state index is 12.2. The van der Waals surface area contributed by atoms with Crippen LogP contribution >= 0.6 is 0 Å². The molecule has 1 aliphatic rings. The molecule has 0 radical (unpaired) electrons. The molecule has 2 amide bonds. The third-order valence-corrected chi connectivity index (χ3v) is 5.61. The average molecular weight is 488 g/mol. The van der Waals surface area contributed by atoms with Crippen molar-refractivity contribution in [1.82, 2.24) is 15.3 Å². The highest BCUT2D eigenvalue weighted by molar-refractivity contribution is 5.99. The third kappa shape index (κ3) is 5.97. The SMILES string of the molecule is C=CC(=O)Nc1cccc(Oc2nc(Nc3ccc(N4CCNCC4)cc3)c(C(N)=O)nc2CC)c1. The van der Waals surface area contributed by atoms with Crippen LogP contribution in [0.2, 0.25) is 0 Å². The number of carbonyl (C=O) groups excluding carboxylic acids is 2. The van der Waals surface area contributed by atoms with Crippen molar-refractivity contribution in [2.24, 2.45) is 5.73 Å². The molecule has 2 aromatic carbocycles. The number of amides is 2. The molecule has 186 valence electrons. The summed E-state index contributed by atoms with van der Waals surface area (Å²) in [4.78, 5) is 35.1. The van der Waals surface area contributed by atoms with Crippen LogP contribution in [0.15, 0.2) is 61.2 Å². The van der Waals surface area contributed by atoms with Crippen molar-refractivity contribution in [2.45, 2.75) is 13.3 Å². The van der Waals surface area contributed by atoms with Crippen LogP contribution < -0.4 is 31.3 Å². The summed E-state index contributed by atoms with van der Waals surface area (Å²) in [6, 6.07) is 14.7. The predicted octanol–water partition coefficient (Wildman–Crippen LogP) is 3.21. The van der Waals surface area contributed by atoms with Gasteiger partial charge in [-0.2, -0.15) is 4.98 Å². The Morgan fingerprint density at radius 1 is 1.14 bits per heavy atom. The fourth-order valence-electron chi connectivity index (χ4n) is 3.78. The highest BCUT2D eigenvalue weighted by atomic mass is 16.5. The van der Waals surface area contributed by atoms with Crippen LogP contribution in [0.4, 0.5) is 22.9 Å². The quantitative estimate of drug-likeness (QED) is 0.338. The zero-order chi connectivity index (χ0) is 25.5. The van der Waals surface area contributed by atoms with E-state index in [1.807, 2.05) is 31.2 Å². The van der Waals surface area contributed by atoms with E-state index in [9.17, 15) is 9.59 Å². The van der Waals surface area contributed by atoms with Crippen LogP contribution in [0.1, 0.15) is 23.1 Å². The molecule has 1 fully saturated rings. The number of nitrogens with zero attached hydrogens (tertiary/aromatic N) is 3. The van der Waals surface area contributed by atoms with Crippen molar-refractivity contribution >= 4 is 34.7 Å². The van der Waals surface area contributed by atoms with Crippen molar-refractivity contribution in [1.29, 1.82) is 0 Å². The lowest BCUT2D eigenvalue weighted by Crippen LogP contribution is -2.43. The minimum Gasteiger partial charge on any atom is -0.437 e. The van der Waals surface area contributed by atoms with E-state index in [1.54, 1.807) is 24.3 Å². The summed E-state index contributed by atoms with van der Waals surface area (Å²) in [6.45, 7) is 9.13. The molecule has 2 heterocycles. The zero-order valence-electron chi connectivity index (χ0n) is 20.1. The molecular formula is C26H29N7O3. The number of ether oxygens (including phenoxy) is 1. The van der Waals surface area contributed by atoms with Gasteiger partial charge in [-0.15, -0.1) is 0 Å². The second kappa shape index (κ2) is 11.3. The molecule has 3 aromatic rings. The van der Waals surface area contributed by atoms with Gasteiger partial charge in [0.05, 0.1) is 0 Å². The summed E-state index contributed by atoms with van der Waals surface area (Å²) in [7, 11) is 0. The van der Waals surface area contributed by atoms with Crippen LogP contribution in [-0.4, -0.2) is 48.0 Å². The number of benzene rings is 2. The molecule has 5 N–H and O–H groups in total. The third-order valence-electron chi connectivity index (χ3n) is 5.61. The first-order chi connectivity index (χ1) is 17.5. The number of nitrogens with one attached hydrogen (secondary N) is 3. The largest absolute Gasteiger partial charge is 0.437 e. The number of aromatic nitrogens is 2.